The van der Waals surface area contributed by atoms with Gasteiger partial charge in [-0.3, -0.25) is 19.9 Å². The van der Waals surface area contributed by atoms with Crippen molar-refractivity contribution in [1.82, 2.24) is 15.6 Å². The number of rotatable bonds is 4. The Hall–Kier alpha value is -1.44. The van der Waals surface area contributed by atoms with Crippen LogP contribution in [0.15, 0.2) is 11.4 Å². The van der Waals surface area contributed by atoms with E-state index in [1.54, 1.807) is 6.92 Å². The number of nitrogens with two attached hydrogens (primary N) is 1. The topological polar surface area (TPSA) is 87.5 Å². The maximum Gasteiger partial charge on any atom is 0.275 e. The number of carbonyl (C=O) groups excluding carboxylic acids is 2. The van der Waals surface area contributed by atoms with Crippen LogP contribution in [0, 0.1) is 0 Å². The Bertz CT molecular complexity index is 480. The van der Waals surface area contributed by atoms with Gasteiger partial charge in [0.2, 0.25) is 5.91 Å². The Labute approximate surface area is 122 Å². The fourth-order valence-electron chi connectivity index (χ4n) is 2.49. The number of hydrogen-bond acceptors (Lipinski definition) is 5. The third kappa shape index (κ3) is 3.78. The normalized spacial score (nSPS) is 16.9. The van der Waals surface area contributed by atoms with Gasteiger partial charge in [-0.05, 0) is 29.9 Å². The lowest BCUT2D eigenvalue weighted by molar-refractivity contribution is -0.119. The van der Waals surface area contributed by atoms with Gasteiger partial charge >= 0.3 is 0 Å². The lowest BCUT2D eigenvalue weighted by Gasteiger charge is -2.32. The van der Waals surface area contributed by atoms with Gasteiger partial charge in [-0.1, -0.05) is 0 Å². The van der Waals surface area contributed by atoms with Gasteiger partial charge in [0.25, 0.3) is 5.91 Å². The van der Waals surface area contributed by atoms with Crippen LogP contribution in [0.1, 0.15) is 35.0 Å². The lowest BCUT2D eigenvalue weighted by atomic mass is 10.0. The minimum atomic E-state index is -0.233. The number of hydrogen-bond donors (Lipinski definition) is 3. The zero-order chi connectivity index (χ0) is 14.5. The highest BCUT2D eigenvalue weighted by atomic mass is 32.1. The molecule has 0 aromatic carbocycles. The molecule has 110 valence electrons. The summed E-state index contributed by atoms with van der Waals surface area (Å²) in [6.07, 6.45) is 1.89. The maximum absolute atomic E-state index is 11.6. The van der Waals surface area contributed by atoms with Crippen molar-refractivity contribution in [2.24, 2.45) is 5.84 Å². The van der Waals surface area contributed by atoms with Crippen molar-refractivity contribution in [3.8, 4) is 0 Å². The molecule has 0 radical (unpaired) electrons. The summed E-state index contributed by atoms with van der Waals surface area (Å²) in [5, 5.41) is 4.86. The molecule has 2 amide bonds. The van der Waals surface area contributed by atoms with Crippen molar-refractivity contribution in [2.45, 2.75) is 32.4 Å². The lowest BCUT2D eigenvalue weighted by Crippen LogP contribution is -2.43. The van der Waals surface area contributed by atoms with Gasteiger partial charge < -0.3 is 5.32 Å². The second-order valence-corrected chi connectivity index (χ2v) is 5.92. The molecule has 2 heterocycles. The molecule has 0 aliphatic carbocycles. The molecule has 1 aliphatic rings. The molecule has 7 heteroatoms. The quantitative estimate of drug-likeness (QED) is 0.428. The number of carbonyl (C=O) groups is 2. The van der Waals surface area contributed by atoms with Crippen molar-refractivity contribution in [3.63, 3.8) is 0 Å². The molecule has 4 N–H and O–H groups in total. The summed E-state index contributed by atoms with van der Waals surface area (Å²) in [5.74, 6) is 4.98. The zero-order valence-electron chi connectivity index (χ0n) is 11.5. The molecule has 0 atom stereocenters. The van der Waals surface area contributed by atoms with Gasteiger partial charge in [0.15, 0.2) is 0 Å². The van der Waals surface area contributed by atoms with Crippen molar-refractivity contribution < 1.29 is 9.59 Å². The minimum absolute atomic E-state index is 0.0307. The highest BCUT2D eigenvalue weighted by molar-refractivity contribution is 7.12. The van der Waals surface area contributed by atoms with Gasteiger partial charge in [-0.25, -0.2) is 5.84 Å². The Kier molecular flexibility index (Phi) is 5.11. The van der Waals surface area contributed by atoms with E-state index in [2.05, 4.69) is 15.6 Å². The summed E-state index contributed by atoms with van der Waals surface area (Å²) < 4.78 is 0. The Morgan fingerprint density at radius 2 is 2.15 bits per heavy atom. The minimum Gasteiger partial charge on any atom is -0.354 e. The monoisotopic (exact) mass is 296 g/mol. The Balaban J connectivity index is 1.88. The zero-order valence-corrected chi connectivity index (χ0v) is 12.3. The van der Waals surface area contributed by atoms with Crippen LogP contribution in [0.4, 0.5) is 0 Å². The number of amides is 2. The second kappa shape index (κ2) is 6.83. The smallest absolute Gasteiger partial charge is 0.275 e. The third-order valence-electron chi connectivity index (χ3n) is 3.47. The molecule has 1 aromatic rings. The molecule has 1 fully saturated rings. The molecule has 0 spiro atoms. The molecule has 20 heavy (non-hydrogen) atoms. The third-order valence-corrected chi connectivity index (χ3v) is 4.43. The predicted molar refractivity (Wildman–Crippen MR) is 78.1 cm³/mol. The highest BCUT2D eigenvalue weighted by Gasteiger charge is 2.21. The van der Waals surface area contributed by atoms with Crippen LogP contribution in [-0.4, -0.2) is 35.8 Å². The molecule has 0 unspecified atom stereocenters. The molecule has 0 saturated carbocycles. The van der Waals surface area contributed by atoms with E-state index in [1.807, 2.05) is 11.4 Å². The first kappa shape index (κ1) is 15.0. The van der Waals surface area contributed by atoms with E-state index in [1.165, 1.54) is 11.3 Å². The van der Waals surface area contributed by atoms with Crippen LogP contribution in [0.25, 0.3) is 0 Å². The van der Waals surface area contributed by atoms with E-state index in [-0.39, 0.29) is 17.9 Å². The van der Waals surface area contributed by atoms with Gasteiger partial charge in [0.1, 0.15) is 0 Å². The SMILES string of the molecule is CC(=O)NC1CCN(Cc2ccsc2C(=O)NN)CC1. The summed E-state index contributed by atoms with van der Waals surface area (Å²) in [5.41, 5.74) is 3.19. The van der Waals surface area contributed by atoms with E-state index in [4.69, 9.17) is 5.84 Å². The number of likely N-dealkylation sites (tertiary alicyclic amines) is 1. The number of nitrogens with one attached hydrogen (secondary N) is 2. The molecular formula is C13H20N4O2S. The van der Waals surface area contributed by atoms with Crippen molar-refractivity contribution in [3.05, 3.63) is 21.9 Å². The highest BCUT2D eigenvalue weighted by Crippen LogP contribution is 2.20. The van der Waals surface area contributed by atoms with Crippen LogP contribution in [0.2, 0.25) is 0 Å². The first-order valence-electron chi connectivity index (χ1n) is 6.67. The Morgan fingerprint density at radius 3 is 2.75 bits per heavy atom. The molecule has 1 saturated heterocycles. The molecule has 2 rings (SSSR count). The fraction of sp³-hybridized carbons (Fsp3) is 0.538. The number of thiophene rings is 1. The molecule has 1 aromatic heterocycles. The van der Waals surface area contributed by atoms with Gasteiger partial charge in [-0.15, -0.1) is 11.3 Å². The molecule has 6 nitrogen and oxygen atoms in total. The first-order chi connectivity index (χ1) is 9.60. The van der Waals surface area contributed by atoms with Gasteiger partial charge in [0, 0.05) is 32.6 Å². The van der Waals surface area contributed by atoms with Crippen LogP contribution < -0.4 is 16.6 Å². The number of hydrazine groups is 1. The first-order valence-corrected chi connectivity index (χ1v) is 7.55. The van der Waals surface area contributed by atoms with E-state index in [0.29, 0.717) is 4.88 Å². The average molecular weight is 296 g/mol. The van der Waals surface area contributed by atoms with E-state index in [9.17, 15) is 9.59 Å². The maximum atomic E-state index is 11.6. The van der Waals surface area contributed by atoms with E-state index >= 15 is 0 Å². The molecule has 0 bridgehead atoms. The molecular weight excluding hydrogens is 276 g/mol. The summed E-state index contributed by atoms with van der Waals surface area (Å²) in [7, 11) is 0. The summed E-state index contributed by atoms with van der Waals surface area (Å²) in [6, 6.07) is 2.24. The van der Waals surface area contributed by atoms with Crippen molar-refractivity contribution in [2.75, 3.05) is 13.1 Å². The molecule has 1 aliphatic heterocycles. The van der Waals surface area contributed by atoms with Crippen molar-refractivity contribution >= 4 is 23.2 Å². The van der Waals surface area contributed by atoms with Crippen LogP contribution in [0.3, 0.4) is 0 Å². The average Bonchev–Trinajstić information content (AvgIpc) is 2.87. The van der Waals surface area contributed by atoms with Crippen LogP contribution in [-0.2, 0) is 11.3 Å². The van der Waals surface area contributed by atoms with Crippen LogP contribution >= 0.6 is 11.3 Å². The van der Waals surface area contributed by atoms with E-state index in [0.717, 1.165) is 38.0 Å². The second-order valence-electron chi connectivity index (χ2n) is 5.00. The predicted octanol–water partition coefficient (Wildman–Crippen LogP) is 0.452. The number of piperidine rings is 1. The Morgan fingerprint density at radius 1 is 1.45 bits per heavy atom. The van der Waals surface area contributed by atoms with Gasteiger partial charge in [0.05, 0.1) is 4.88 Å². The fourth-order valence-corrected chi connectivity index (χ4v) is 3.31. The summed E-state index contributed by atoms with van der Waals surface area (Å²) in [4.78, 5) is 25.6. The van der Waals surface area contributed by atoms with Crippen molar-refractivity contribution in [1.29, 1.82) is 0 Å². The summed E-state index contributed by atoms with van der Waals surface area (Å²) in [6.45, 7) is 4.14. The van der Waals surface area contributed by atoms with Crippen LogP contribution in [0.5, 0.6) is 0 Å². The van der Waals surface area contributed by atoms with Gasteiger partial charge in [-0.2, -0.15) is 0 Å². The number of nitrogens with zero attached hydrogens (tertiary/aromatic N) is 1. The summed E-state index contributed by atoms with van der Waals surface area (Å²) >= 11 is 1.40. The van der Waals surface area contributed by atoms with E-state index < -0.39 is 0 Å². The standard InChI is InChI=1S/C13H20N4O2S/c1-9(18)15-11-2-5-17(6-3-11)8-10-4-7-20-12(10)13(19)16-14/h4,7,11H,2-3,5-6,8,14H2,1H3,(H,15,18)(H,16,19). The number of nitrogen functional groups attached to an aromatic ring is 1. The largest absolute Gasteiger partial charge is 0.354 e.